The van der Waals surface area contributed by atoms with Gasteiger partial charge in [-0.15, -0.1) is 0 Å². The zero-order chi connectivity index (χ0) is 11.5. The lowest BCUT2D eigenvalue weighted by Crippen LogP contribution is -2.32. The van der Waals surface area contributed by atoms with Gasteiger partial charge in [-0.25, -0.2) is 4.98 Å². The lowest BCUT2D eigenvalue weighted by Gasteiger charge is -2.30. The summed E-state index contributed by atoms with van der Waals surface area (Å²) >= 11 is 0. The van der Waals surface area contributed by atoms with E-state index in [1.54, 1.807) is 0 Å². The highest BCUT2D eigenvalue weighted by Crippen LogP contribution is 2.30. The Morgan fingerprint density at radius 1 is 1.18 bits per heavy atom. The van der Waals surface area contributed by atoms with Crippen molar-refractivity contribution in [2.45, 2.75) is 38.1 Å². The third-order valence-electron chi connectivity index (χ3n) is 3.91. The molecule has 0 radical (unpaired) electrons. The van der Waals surface area contributed by atoms with Crippen molar-refractivity contribution >= 4 is 5.82 Å². The molecule has 2 aliphatic heterocycles. The molecule has 1 atom stereocenters. The number of nitrogens with one attached hydrogen (secondary N) is 1. The van der Waals surface area contributed by atoms with Gasteiger partial charge in [0.15, 0.2) is 0 Å². The predicted octanol–water partition coefficient (Wildman–Crippen LogP) is 2.50. The van der Waals surface area contributed by atoms with E-state index in [0.717, 1.165) is 6.54 Å². The van der Waals surface area contributed by atoms with Gasteiger partial charge in [-0.1, -0.05) is 6.07 Å². The normalized spacial score (nSPS) is 25.2. The van der Waals surface area contributed by atoms with Crippen LogP contribution in [0.15, 0.2) is 18.3 Å². The monoisotopic (exact) mass is 231 g/mol. The molecule has 0 aliphatic carbocycles. The van der Waals surface area contributed by atoms with Crippen molar-refractivity contribution in [2.75, 3.05) is 24.5 Å². The van der Waals surface area contributed by atoms with Crippen LogP contribution in [-0.2, 0) is 0 Å². The summed E-state index contributed by atoms with van der Waals surface area (Å²) in [6, 6.07) is 4.85. The number of aromatic nitrogens is 1. The van der Waals surface area contributed by atoms with Gasteiger partial charge in [0, 0.05) is 30.9 Å². The highest BCUT2D eigenvalue weighted by Gasteiger charge is 2.23. The van der Waals surface area contributed by atoms with Gasteiger partial charge in [0.25, 0.3) is 0 Å². The van der Waals surface area contributed by atoms with Gasteiger partial charge in [-0.2, -0.15) is 0 Å². The van der Waals surface area contributed by atoms with Crippen LogP contribution in [0.25, 0.3) is 0 Å². The van der Waals surface area contributed by atoms with Crippen LogP contribution < -0.4 is 10.2 Å². The molecule has 92 valence electrons. The van der Waals surface area contributed by atoms with Crippen LogP contribution in [0, 0.1) is 0 Å². The van der Waals surface area contributed by atoms with Gasteiger partial charge in [-0.05, 0) is 44.7 Å². The van der Waals surface area contributed by atoms with Gasteiger partial charge < -0.3 is 10.2 Å². The zero-order valence-corrected chi connectivity index (χ0v) is 10.4. The van der Waals surface area contributed by atoms with Crippen LogP contribution in [0.3, 0.4) is 0 Å². The molecule has 17 heavy (non-hydrogen) atoms. The fourth-order valence-corrected chi connectivity index (χ4v) is 3.00. The smallest absolute Gasteiger partial charge is 0.133 e. The van der Waals surface area contributed by atoms with E-state index in [2.05, 4.69) is 27.3 Å². The summed E-state index contributed by atoms with van der Waals surface area (Å²) in [6.45, 7) is 3.51. The highest BCUT2D eigenvalue weighted by molar-refractivity contribution is 5.49. The van der Waals surface area contributed by atoms with E-state index in [-0.39, 0.29) is 0 Å². The quantitative estimate of drug-likeness (QED) is 0.847. The van der Waals surface area contributed by atoms with E-state index in [4.69, 9.17) is 0 Å². The number of nitrogens with zero attached hydrogens (tertiary/aromatic N) is 2. The summed E-state index contributed by atoms with van der Waals surface area (Å²) in [5.74, 6) is 1.23. The standard InChI is InChI=1S/C14H21N3/c1-2-10-17(11-3-1)14-12(6-4-9-16-14)13-7-5-8-15-13/h4,6,9,13,15H,1-3,5,7-8,10-11H2. The summed E-state index contributed by atoms with van der Waals surface area (Å²) in [4.78, 5) is 7.10. The molecule has 1 aromatic rings. The number of hydrogen-bond acceptors (Lipinski definition) is 3. The Hall–Kier alpha value is -1.09. The molecule has 0 bridgehead atoms. The minimum atomic E-state index is 0.528. The second-order valence-electron chi connectivity index (χ2n) is 5.11. The maximum Gasteiger partial charge on any atom is 0.133 e. The average Bonchev–Trinajstić information content (AvgIpc) is 2.94. The first-order valence-electron chi connectivity index (χ1n) is 6.88. The first kappa shape index (κ1) is 11.0. The first-order chi connectivity index (χ1) is 8.45. The molecule has 0 aromatic carbocycles. The second-order valence-corrected chi connectivity index (χ2v) is 5.11. The number of hydrogen-bond donors (Lipinski definition) is 1. The molecule has 0 spiro atoms. The van der Waals surface area contributed by atoms with Gasteiger partial charge in [-0.3, -0.25) is 0 Å². The van der Waals surface area contributed by atoms with Gasteiger partial charge in [0.2, 0.25) is 0 Å². The molecule has 3 rings (SSSR count). The Balaban J connectivity index is 1.86. The molecule has 3 nitrogen and oxygen atoms in total. The molecule has 3 heteroatoms. The van der Waals surface area contributed by atoms with Crippen molar-refractivity contribution in [2.24, 2.45) is 0 Å². The highest BCUT2D eigenvalue weighted by atomic mass is 15.2. The molecule has 1 aromatic heterocycles. The van der Waals surface area contributed by atoms with Crippen LogP contribution in [0.5, 0.6) is 0 Å². The molecule has 0 amide bonds. The molecule has 3 heterocycles. The van der Waals surface area contributed by atoms with Crippen molar-refractivity contribution in [3.63, 3.8) is 0 Å². The number of pyridine rings is 1. The molecule has 2 fully saturated rings. The first-order valence-corrected chi connectivity index (χ1v) is 6.88. The average molecular weight is 231 g/mol. The van der Waals surface area contributed by atoms with E-state index in [1.807, 2.05) is 6.20 Å². The maximum atomic E-state index is 4.63. The third-order valence-corrected chi connectivity index (χ3v) is 3.91. The Labute approximate surface area is 103 Å². The Morgan fingerprint density at radius 2 is 2.06 bits per heavy atom. The summed E-state index contributed by atoms with van der Waals surface area (Å²) in [6.07, 6.45) is 8.48. The Bertz CT molecular complexity index is 365. The van der Waals surface area contributed by atoms with Crippen molar-refractivity contribution in [3.8, 4) is 0 Å². The van der Waals surface area contributed by atoms with Gasteiger partial charge >= 0.3 is 0 Å². The summed E-state index contributed by atoms with van der Waals surface area (Å²) in [5, 5.41) is 3.59. The number of anilines is 1. The van der Waals surface area contributed by atoms with Crippen molar-refractivity contribution in [1.82, 2.24) is 10.3 Å². The lowest BCUT2D eigenvalue weighted by molar-refractivity contribution is 0.564. The van der Waals surface area contributed by atoms with Crippen molar-refractivity contribution in [1.29, 1.82) is 0 Å². The minimum absolute atomic E-state index is 0.528. The summed E-state index contributed by atoms with van der Waals surface area (Å²) in [5.41, 5.74) is 1.41. The van der Waals surface area contributed by atoms with E-state index in [1.165, 1.54) is 56.6 Å². The fourth-order valence-electron chi connectivity index (χ4n) is 3.00. The fraction of sp³-hybridized carbons (Fsp3) is 0.643. The molecule has 1 N–H and O–H groups in total. The Kier molecular flexibility index (Phi) is 3.27. The van der Waals surface area contributed by atoms with Crippen LogP contribution in [0.2, 0.25) is 0 Å². The van der Waals surface area contributed by atoms with Crippen LogP contribution in [-0.4, -0.2) is 24.6 Å². The summed E-state index contributed by atoms with van der Waals surface area (Å²) in [7, 11) is 0. The molecule has 0 saturated carbocycles. The SMILES string of the molecule is c1cnc(N2CCCCC2)c(C2CCCN2)c1. The maximum absolute atomic E-state index is 4.63. The number of rotatable bonds is 2. The van der Waals surface area contributed by atoms with Gasteiger partial charge in [0.1, 0.15) is 5.82 Å². The van der Waals surface area contributed by atoms with E-state index in [0.29, 0.717) is 6.04 Å². The molecular formula is C14H21N3. The molecular weight excluding hydrogens is 210 g/mol. The topological polar surface area (TPSA) is 28.2 Å². The van der Waals surface area contributed by atoms with Crippen LogP contribution in [0.1, 0.15) is 43.7 Å². The van der Waals surface area contributed by atoms with Crippen LogP contribution >= 0.6 is 0 Å². The van der Waals surface area contributed by atoms with Crippen molar-refractivity contribution in [3.05, 3.63) is 23.9 Å². The second kappa shape index (κ2) is 5.05. The molecule has 1 unspecified atom stereocenters. The van der Waals surface area contributed by atoms with E-state index >= 15 is 0 Å². The van der Waals surface area contributed by atoms with E-state index in [9.17, 15) is 0 Å². The molecule has 2 saturated heterocycles. The third kappa shape index (κ3) is 2.29. The zero-order valence-electron chi connectivity index (χ0n) is 10.4. The predicted molar refractivity (Wildman–Crippen MR) is 70.3 cm³/mol. The minimum Gasteiger partial charge on any atom is -0.356 e. The lowest BCUT2D eigenvalue weighted by atomic mass is 10.0. The van der Waals surface area contributed by atoms with Crippen LogP contribution in [0.4, 0.5) is 5.82 Å². The largest absolute Gasteiger partial charge is 0.356 e. The number of piperidine rings is 1. The van der Waals surface area contributed by atoms with E-state index < -0.39 is 0 Å². The van der Waals surface area contributed by atoms with Gasteiger partial charge in [0.05, 0.1) is 0 Å². The van der Waals surface area contributed by atoms with Crippen molar-refractivity contribution < 1.29 is 0 Å². The molecule has 2 aliphatic rings. The Morgan fingerprint density at radius 3 is 2.82 bits per heavy atom. The summed E-state index contributed by atoms with van der Waals surface area (Å²) < 4.78 is 0.